The SMILES string of the molecule is COCc1cccc(OC)c1C(N)C(=O)O. The fraction of sp³-hybridized carbons (Fsp3) is 0.364. The molecule has 5 nitrogen and oxygen atoms in total. The quantitative estimate of drug-likeness (QED) is 0.778. The summed E-state index contributed by atoms with van der Waals surface area (Å²) in [6.07, 6.45) is 0. The molecule has 1 aromatic carbocycles. The van der Waals surface area contributed by atoms with Gasteiger partial charge in [0.1, 0.15) is 11.8 Å². The van der Waals surface area contributed by atoms with Crippen molar-refractivity contribution in [3.8, 4) is 5.75 Å². The van der Waals surface area contributed by atoms with Gasteiger partial charge in [0.2, 0.25) is 0 Å². The maximum absolute atomic E-state index is 10.9. The van der Waals surface area contributed by atoms with Crippen molar-refractivity contribution in [2.45, 2.75) is 12.6 Å². The number of aliphatic carboxylic acids is 1. The molecule has 1 rings (SSSR count). The predicted octanol–water partition coefficient (Wildman–Crippen LogP) is 0.926. The van der Waals surface area contributed by atoms with Crippen LogP contribution in [-0.4, -0.2) is 25.3 Å². The number of nitrogens with two attached hydrogens (primary N) is 1. The Kier molecular flexibility index (Phi) is 4.28. The molecule has 0 radical (unpaired) electrons. The van der Waals surface area contributed by atoms with Crippen molar-refractivity contribution in [2.24, 2.45) is 5.73 Å². The summed E-state index contributed by atoms with van der Waals surface area (Å²) in [4.78, 5) is 10.9. The van der Waals surface area contributed by atoms with Crippen LogP contribution in [0.25, 0.3) is 0 Å². The standard InChI is InChI=1S/C11H15NO4/c1-15-6-7-4-3-5-8(16-2)9(7)10(12)11(13)14/h3-5,10H,6,12H2,1-2H3,(H,13,14). The van der Waals surface area contributed by atoms with Crippen LogP contribution in [0.3, 0.4) is 0 Å². The second-order valence-electron chi connectivity index (χ2n) is 3.28. The maximum Gasteiger partial charge on any atom is 0.325 e. The van der Waals surface area contributed by atoms with Gasteiger partial charge >= 0.3 is 5.97 Å². The van der Waals surface area contributed by atoms with Crippen LogP contribution in [0.4, 0.5) is 0 Å². The monoisotopic (exact) mass is 225 g/mol. The number of methoxy groups -OCH3 is 2. The third-order valence-corrected chi connectivity index (χ3v) is 2.25. The molecule has 1 atom stereocenters. The third kappa shape index (κ3) is 2.50. The van der Waals surface area contributed by atoms with Gasteiger partial charge in [-0.1, -0.05) is 12.1 Å². The topological polar surface area (TPSA) is 81.8 Å². The highest BCUT2D eigenvalue weighted by atomic mass is 16.5. The number of hydrogen-bond donors (Lipinski definition) is 2. The molecule has 3 N–H and O–H groups in total. The van der Waals surface area contributed by atoms with Gasteiger partial charge in [-0.2, -0.15) is 0 Å². The molecule has 88 valence electrons. The Hall–Kier alpha value is -1.59. The first kappa shape index (κ1) is 12.5. The van der Waals surface area contributed by atoms with Gasteiger partial charge in [-0.25, -0.2) is 0 Å². The number of carbonyl (C=O) groups is 1. The van der Waals surface area contributed by atoms with Crippen molar-refractivity contribution in [1.82, 2.24) is 0 Å². The fourth-order valence-corrected chi connectivity index (χ4v) is 1.53. The van der Waals surface area contributed by atoms with E-state index in [0.29, 0.717) is 17.9 Å². The van der Waals surface area contributed by atoms with Gasteiger partial charge in [0, 0.05) is 12.7 Å². The average Bonchev–Trinajstić information content (AvgIpc) is 2.28. The highest BCUT2D eigenvalue weighted by Crippen LogP contribution is 2.28. The van der Waals surface area contributed by atoms with E-state index in [0.717, 1.165) is 5.56 Å². The van der Waals surface area contributed by atoms with E-state index in [1.54, 1.807) is 18.2 Å². The van der Waals surface area contributed by atoms with Gasteiger partial charge in [0.15, 0.2) is 0 Å². The Morgan fingerprint density at radius 3 is 2.69 bits per heavy atom. The van der Waals surface area contributed by atoms with Crippen molar-refractivity contribution in [3.05, 3.63) is 29.3 Å². The molecule has 1 unspecified atom stereocenters. The van der Waals surface area contributed by atoms with Crippen LogP contribution in [0, 0.1) is 0 Å². The highest BCUT2D eigenvalue weighted by molar-refractivity contribution is 5.77. The molecular formula is C11H15NO4. The van der Waals surface area contributed by atoms with Crippen molar-refractivity contribution >= 4 is 5.97 Å². The zero-order chi connectivity index (χ0) is 12.1. The summed E-state index contributed by atoms with van der Waals surface area (Å²) < 4.78 is 10.1. The molecule has 0 bridgehead atoms. The minimum absolute atomic E-state index is 0.299. The van der Waals surface area contributed by atoms with Crippen molar-refractivity contribution in [1.29, 1.82) is 0 Å². The Labute approximate surface area is 93.8 Å². The van der Waals surface area contributed by atoms with E-state index in [-0.39, 0.29) is 0 Å². The number of hydrogen-bond acceptors (Lipinski definition) is 4. The van der Waals surface area contributed by atoms with E-state index in [1.807, 2.05) is 0 Å². The number of rotatable bonds is 5. The zero-order valence-electron chi connectivity index (χ0n) is 9.27. The summed E-state index contributed by atoms with van der Waals surface area (Å²) in [5, 5.41) is 8.93. The molecule has 0 aliphatic heterocycles. The van der Waals surface area contributed by atoms with E-state index in [2.05, 4.69) is 0 Å². The van der Waals surface area contributed by atoms with Crippen LogP contribution < -0.4 is 10.5 Å². The van der Waals surface area contributed by atoms with Gasteiger partial charge in [-0.3, -0.25) is 4.79 Å². The Bertz CT molecular complexity index is 378. The average molecular weight is 225 g/mol. The van der Waals surface area contributed by atoms with Crippen LogP contribution in [0.5, 0.6) is 5.75 Å². The lowest BCUT2D eigenvalue weighted by atomic mass is 10.00. The lowest BCUT2D eigenvalue weighted by Gasteiger charge is -2.16. The normalized spacial score (nSPS) is 12.2. The van der Waals surface area contributed by atoms with Crippen LogP contribution >= 0.6 is 0 Å². The number of carboxylic acids is 1. The fourth-order valence-electron chi connectivity index (χ4n) is 1.53. The number of ether oxygens (including phenoxy) is 2. The Morgan fingerprint density at radius 1 is 1.50 bits per heavy atom. The first-order chi connectivity index (χ1) is 7.61. The van der Waals surface area contributed by atoms with Crippen LogP contribution in [-0.2, 0) is 16.1 Å². The molecule has 0 aliphatic carbocycles. The molecule has 0 amide bonds. The Balaban J connectivity index is 3.23. The zero-order valence-corrected chi connectivity index (χ0v) is 9.27. The predicted molar refractivity (Wildman–Crippen MR) is 58.3 cm³/mol. The lowest BCUT2D eigenvalue weighted by Crippen LogP contribution is -2.23. The molecule has 0 saturated carbocycles. The second kappa shape index (κ2) is 5.48. The van der Waals surface area contributed by atoms with Gasteiger partial charge in [-0.15, -0.1) is 0 Å². The molecular weight excluding hydrogens is 210 g/mol. The summed E-state index contributed by atoms with van der Waals surface area (Å²) >= 11 is 0. The van der Waals surface area contributed by atoms with Gasteiger partial charge in [-0.05, 0) is 11.6 Å². The van der Waals surface area contributed by atoms with Crippen molar-refractivity contribution in [3.63, 3.8) is 0 Å². The second-order valence-corrected chi connectivity index (χ2v) is 3.28. The molecule has 0 aliphatic rings. The van der Waals surface area contributed by atoms with Crippen LogP contribution in [0.15, 0.2) is 18.2 Å². The molecule has 0 fully saturated rings. The number of carboxylic acid groups (broad SMARTS) is 1. The first-order valence-electron chi connectivity index (χ1n) is 4.75. The molecule has 0 heterocycles. The maximum atomic E-state index is 10.9. The summed E-state index contributed by atoms with van der Waals surface area (Å²) in [5.41, 5.74) is 6.79. The van der Waals surface area contributed by atoms with Crippen molar-refractivity contribution < 1.29 is 19.4 Å². The molecule has 0 spiro atoms. The van der Waals surface area contributed by atoms with E-state index >= 15 is 0 Å². The smallest absolute Gasteiger partial charge is 0.325 e. The molecule has 0 aromatic heterocycles. The molecule has 16 heavy (non-hydrogen) atoms. The third-order valence-electron chi connectivity index (χ3n) is 2.25. The van der Waals surface area contributed by atoms with Crippen LogP contribution in [0.2, 0.25) is 0 Å². The van der Waals surface area contributed by atoms with Crippen molar-refractivity contribution in [2.75, 3.05) is 14.2 Å². The van der Waals surface area contributed by atoms with E-state index < -0.39 is 12.0 Å². The lowest BCUT2D eigenvalue weighted by molar-refractivity contribution is -0.138. The van der Waals surface area contributed by atoms with Gasteiger partial charge in [0.25, 0.3) is 0 Å². The minimum Gasteiger partial charge on any atom is -0.496 e. The number of benzene rings is 1. The van der Waals surface area contributed by atoms with E-state index in [1.165, 1.54) is 14.2 Å². The first-order valence-corrected chi connectivity index (χ1v) is 4.75. The minimum atomic E-state index is -1.11. The van der Waals surface area contributed by atoms with Gasteiger partial charge in [0.05, 0.1) is 13.7 Å². The summed E-state index contributed by atoms with van der Waals surface area (Å²) in [6.45, 7) is 0.299. The summed E-state index contributed by atoms with van der Waals surface area (Å²) in [7, 11) is 3.01. The summed E-state index contributed by atoms with van der Waals surface area (Å²) in [6, 6.07) is 4.11. The molecule has 0 saturated heterocycles. The van der Waals surface area contributed by atoms with Crippen LogP contribution in [0.1, 0.15) is 17.2 Å². The molecule has 1 aromatic rings. The van der Waals surface area contributed by atoms with E-state index in [4.69, 9.17) is 20.3 Å². The molecule has 5 heteroatoms. The Morgan fingerprint density at radius 2 is 2.19 bits per heavy atom. The highest BCUT2D eigenvalue weighted by Gasteiger charge is 2.22. The summed E-state index contributed by atoms with van der Waals surface area (Å²) in [5.74, 6) is -0.633. The van der Waals surface area contributed by atoms with Gasteiger partial charge < -0.3 is 20.3 Å². The largest absolute Gasteiger partial charge is 0.496 e. The van der Waals surface area contributed by atoms with E-state index in [9.17, 15) is 4.79 Å².